The fourth-order valence-electron chi connectivity index (χ4n) is 0.663. The van der Waals surface area contributed by atoms with Crippen molar-refractivity contribution in [1.29, 1.82) is 0 Å². The highest BCUT2D eigenvalue weighted by molar-refractivity contribution is 5.89. The SMILES string of the molecule is C[CH]OC(=O)c1ccncc1. The highest BCUT2D eigenvalue weighted by Gasteiger charge is 2.03. The average molecular weight is 150 g/mol. The Morgan fingerprint density at radius 2 is 2.18 bits per heavy atom. The lowest BCUT2D eigenvalue weighted by Gasteiger charge is -1.98. The molecule has 1 aromatic rings. The van der Waals surface area contributed by atoms with Crippen molar-refractivity contribution in [3.63, 3.8) is 0 Å². The molecule has 0 aromatic carbocycles. The normalized spacial score (nSPS) is 9.18. The molecule has 0 fully saturated rings. The maximum atomic E-state index is 11.0. The summed E-state index contributed by atoms with van der Waals surface area (Å²) in [6.45, 7) is 3.00. The lowest BCUT2D eigenvalue weighted by molar-refractivity contribution is 0.0612. The molecule has 0 aliphatic rings. The third-order valence-electron chi connectivity index (χ3n) is 1.14. The van der Waals surface area contributed by atoms with Gasteiger partial charge in [-0.15, -0.1) is 0 Å². The van der Waals surface area contributed by atoms with E-state index in [9.17, 15) is 4.79 Å². The molecule has 0 saturated carbocycles. The zero-order valence-electron chi connectivity index (χ0n) is 6.15. The molecule has 0 aliphatic heterocycles. The van der Waals surface area contributed by atoms with Crippen molar-refractivity contribution in [2.75, 3.05) is 0 Å². The first-order chi connectivity index (χ1) is 5.34. The van der Waals surface area contributed by atoms with Crippen LogP contribution in [0.25, 0.3) is 0 Å². The minimum absolute atomic E-state index is 0.352. The summed E-state index contributed by atoms with van der Waals surface area (Å²) in [7, 11) is 0. The molecular formula is C8H8NO2. The molecule has 0 unspecified atom stereocenters. The fraction of sp³-hybridized carbons (Fsp3) is 0.125. The maximum Gasteiger partial charge on any atom is 0.338 e. The van der Waals surface area contributed by atoms with Gasteiger partial charge < -0.3 is 4.74 Å². The first-order valence-electron chi connectivity index (χ1n) is 3.23. The van der Waals surface area contributed by atoms with Gasteiger partial charge in [0, 0.05) is 12.4 Å². The van der Waals surface area contributed by atoms with E-state index < -0.39 is 0 Å². The van der Waals surface area contributed by atoms with E-state index in [1.807, 2.05) is 0 Å². The van der Waals surface area contributed by atoms with Crippen LogP contribution in [0.15, 0.2) is 24.5 Å². The van der Waals surface area contributed by atoms with Gasteiger partial charge in [0.15, 0.2) is 0 Å². The highest BCUT2D eigenvalue weighted by atomic mass is 16.5. The highest BCUT2D eigenvalue weighted by Crippen LogP contribution is 1.99. The van der Waals surface area contributed by atoms with Gasteiger partial charge in [-0.3, -0.25) is 4.98 Å². The molecule has 11 heavy (non-hydrogen) atoms. The van der Waals surface area contributed by atoms with Gasteiger partial charge in [0.05, 0.1) is 5.56 Å². The number of esters is 1. The van der Waals surface area contributed by atoms with Crippen molar-refractivity contribution in [2.24, 2.45) is 0 Å². The van der Waals surface area contributed by atoms with E-state index in [-0.39, 0.29) is 5.97 Å². The summed E-state index contributed by atoms with van der Waals surface area (Å²) in [6.07, 6.45) is 3.10. The number of pyridine rings is 1. The van der Waals surface area contributed by atoms with E-state index in [1.54, 1.807) is 31.5 Å². The van der Waals surface area contributed by atoms with Crippen molar-refractivity contribution in [2.45, 2.75) is 6.92 Å². The zero-order chi connectivity index (χ0) is 8.10. The van der Waals surface area contributed by atoms with Gasteiger partial charge in [-0.1, -0.05) is 0 Å². The second-order valence-electron chi connectivity index (χ2n) is 1.88. The van der Waals surface area contributed by atoms with Crippen LogP contribution in [-0.2, 0) is 4.74 Å². The molecular weight excluding hydrogens is 142 g/mol. The molecule has 57 valence electrons. The van der Waals surface area contributed by atoms with E-state index >= 15 is 0 Å². The maximum absolute atomic E-state index is 11.0. The first-order valence-corrected chi connectivity index (χ1v) is 3.23. The molecule has 0 aliphatic carbocycles. The molecule has 0 atom stereocenters. The van der Waals surface area contributed by atoms with Gasteiger partial charge in [-0.05, 0) is 19.1 Å². The molecule has 1 aromatic heterocycles. The van der Waals surface area contributed by atoms with Crippen LogP contribution < -0.4 is 0 Å². The Morgan fingerprint density at radius 3 is 2.73 bits per heavy atom. The lowest BCUT2D eigenvalue weighted by Crippen LogP contribution is -2.01. The van der Waals surface area contributed by atoms with E-state index in [4.69, 9.17) is 0 Å². The summed E-state index contributed by atoms with van der Waals surface area (Å²) in [4.78, 5) is 14.7. The van der Waals surface area contributed by atoms with Crippen molar-refractivity contribution in [1.82, 2.24) is 4.98 Å². The number of carbonyl (C=O) groups excluding carboxylic acids is 1. The van der Waals surface area contributed by atoms with Crippen LogP contribution in [0.5, 0.6) is 0 Å². The number of carbonyl (C=O) groups is 1. The van der Waals surface area contributed by atoms with Crippen molar-refractivity contribution in [3.8, 4) is 0 Å². The van der Waals surface area contributed by atoms with Crippen LogP contribution >= 0.6 is 0 Å². The van der Waals surface area contributed by atoms with Crippen LogP contribution in [0.2, 0.25) is 0 Å². The quantitative estimate of drug-likeness (QED) is 0.598. The van der Waals surface area contributed by atoms with Gasteiger partial charge in [0.2, 0.25) is 0 Å². The molecule has 1 heterocycles. The predicted molar refractivity (Wildman–Crippen MR) is 39.6 cm³/mol. The van der Waals surface area contributed by atoms with Crippen LogP contribution in [0, 0.1) is 6.61 Å². The minimum atomic E-state index is -0.352. The van der Waals surface area contributed by atoms with Crippen molar-refractivity contribution < 1.29 is 9.53 Å². The number of aromatic nitrogens is 1. The summed E-state index contributed by atoms with van der Waals surface area (Å²) < 4.78 is 4.64. The molecule has 3 nitrogen and oxygen atoms in total. The van der Waals surface area contributed by atoms with Crippen LogP contribution in [-0.4, -0.2) is 11.0 Å². The Hall–Kier alpha value is -1.38. The van der Waals surface area contributed by atoms with Crippen LogP contribution in [0.1, 0.15) is 17.3 Å². The predicted octanol–water partition coefficient (Wildman–Crippen LogP) is 1.42. The monoisotopic (exact) mass is 150 g/mol. The Morgan fingerprint density at radius 1 is 1.55 bits per heavy atom. The van der Waals surface area contributed by atoms with Crippen molar-refractivity contribution in [3.05, 3.63) is 36.7 Å². The molecule has 0 spiro atoms. The van der Waals surface area contributed by atoms with Gasteiger partial charge in [-0.2, -0.15) is 0 Å². The summed E-state index contributed by atoms with van der Waals surface area (Å²) in [5.74, 6) is -0.352. The molecule has 3 heteroatoms. The Balaban J connectivity index is 2.69. The van der Waals surface area contributed by atoms with Gasteiger partial charge in [0.25, 0.3) is 0 Å². The summed E-state index contributed by atoms with van der Waals surface area (Å²) in [5.41, 5.74) is 0.512. The number of nitrogens with zero attached hydrogens (tertiary/aromatic N) is 1. The third kappa shape index (κ3) is 2.04. The number of hydrogen-bond donors (Lipinski definition) is 0. The smallest absolute Gasteiger partial charge is 0.338 e. The second-order valence-corrected chi connectivity index (χ2v) is 1.88. The van der Waals surface area contributed by atoms with Gasteiger partial charge in [0.1, 0.15) is 6.61 Å². The largest absolute Gasteiger partial charge is 0.455 e. The topological polar surface area (TPSA) is 39.2 Å². The number of rotatable bonds is 2. The lowest BCUT2D eigenvalue weighted by atomic mass is 10.3. The van der Waals surface area contributed by atoms with E-state index in [0.29, 0.717) is 5.56 Å². The Kier molecular flexibility index (Phi) is 2.60. The molecule has 0 amide bonds. The molecule has 0 N–H and O–H groups in total. The molecule has 1 radical (unpaired) electrons. The molecule has 0 saturated heterocycles. The van der Waals surface area contributed by atoms with Crippen LogP contribution in [0.3, 0.4) is 0 Å². The first kappa shape index (κ1) is 7.72. The standard InChI is InChI=1S/C8H8NO2/c1-2-11-8(10)7-3-5-9-6-4-7/h2-6H,1H3. The molecule has 1 rings (SSSR count). The van der Waals surface area contributed by atoms with Gasteiger partial charge in [-0.25, -0.2) is 4.79 Å². The third-order valence-corrected chi connectivity index (χ3v) is 1.14. The van der Waals surface area contributed by atoms with E-state index in [1.165, 1.54) is 6.61 Å². The Labute approximate surface area is 65.0 Å². The van der Waals surface area contributed by atoms with E-state index in [2.05, 4.69) is 9.72 Å². The second kappa shape index (κ2) is 3.71. The number of ether oxygens (including phenoxy) is 1. The van der Waals surface area contributed by atoms with Crippen molar-refractivity contribution >= 4 is 5.97 Å². The van der Waals surface area contributed by atoms with E-state index in [0.717, 1.165) is 0 Å². The minimum Gasteiger partial charge on any atom is -0.455 e. The Bertz CT molecular complexity index is 233. The summed E-state index contributed by atoms with van der Waals surface area (Å²) in [5, 5.41) is 0. The number of hydrogen-bond acceptors (Lipinski definition) is 3. The summed E-state index contributed by atoms with van der Waals surface area (Å²) >= 11 is 0. The fourth-order valence-corrected chi connectivity index (χ4v) is 0.663. The zero-order valence-corrected chi connectivity index (χ0v) is 6.15. The van der Waals surface area contributed by atoms with Crippen LogP contribution in [0.4, 0.5) is 0 Å². The molecule has 0 bridgehead atoms. The van der Waals surface area contributed by atoms with Gasteiger partial charge >= 0.3 is 5.97 Å². The average Bonchev–Trinajstić information content (AvgIpc) is 2.07. The summed E-state index contributed by atoms with van der Waals surface area (Å²) in [6, 6.07) is 3.21.